The summed E-state index contributed by atoms with van der Waals surface area (Å²) >= 11 is 0. The molecule has 0 aliphatic heterocycles. The molecular weight excluding hydrogens is 548 g/mol. The van der Waals surface area contributed by atoms with Gasteiger partial charge in [-0.25, -0.2) is 0 Å². The normalized spacial score (nSPS) is 17.4. The molecule has 1 aliphatic rings. The Balaban J connectivity index is 1.66. The number of aliphatic hydroxyl groups excluding tert-OH is 2. The van der Waals surface area contributed by atoms with E-state index in [2.05, 4.69) is 54.6 Å². The van der Waals surface area contributed by atoms with Crippen LogP contribution < -0.4 is 15.2 Å². The summed E-state index contributed by atoms with van der Waals surface area (Å²) in [6.07, 6.45) is 1.73. The number of aldehydes is 1. The monoisotopic (exact) mass is 584 g/mol. The van der Waals surface area contributed by atoms with E-state index in [-0.39, 0.29) is 19.6 Å². The molecule has 5 heteroatoms. The summed E-state index contributed by atoms with van der Waals surface area (Å²) in [6, 6.07) is 36.8. The van der Waals surface area contributed by atoms with Gasteiger partial charge in [-0.3, -0.25) is 4.79 Å². The molecule has 0 aromatic heterocycles. The molecule has 5 aromatic rings. The summed E-state index contributed by atoms with van der Waals surface area (Å²) in [4.78, 5) is 13.2. The Morgan fingerprint density at radius 2 is 1.39 bits per heavy atom. The van der Waals surface area contributed by atoms with Gasteiger partial charge >= 0.3 is 0 Å². The number of ether oxygens (including phenoxy) is 2. The van der Waals surface area contributed by atoms with Crippen molar-refractivity contribution in [2.24, 2.45) is 0 Å². The second-order valence-corrected chi connectivity index (χ2v) is 11.5. The highest BCUT2D eigenvalue weighted by molar-refractivity contribution is 6.04. The van der Waals surface area contributed by atoms with Crippen molar-refractivity contribution >= 4 is 28.7 Å². The first-order valence-corrected chi connectivity index (χ1v) is 15.0. The summed E-state index contributed by atoms with van der Waals surface area (Å²) in [7, 11) is 0. The number of aliphatic hydroxyl groups is 2. The molecule has 44 heavy (non-hydrogen) atoms. The van der Waals surface area contributed by atoms with Gasteiger partial charge in [-0.1, -0.05) is 97.1 Å². The molecule has 1 aliphatic carbocycles. The average molecular weight is 585 g/mol. The zero-order chi connectivity index (χ0) is 30.7. The molecular formula is C39H36O5. The van der Waals surface area contributed by atoms with E-state index in [4.69, 9.17) is 9.47 Å². The number of hydrogen-bond acceptors (Lipinski definition) is 5. The van der Waals surface area contributed by atoms with Crippen molar-refractivity contribution in [3.63, 3.8) is 0 Å². The third-order valence-corrected chi connectivity index (χ3v) is 8.07. The number of carbonyl (C=O) groups is 1. The lowest BCUT2D eigenvalue weighted by Gasteiger charge is -2.34. The first kappa shape index (κ1) is 29.5. The zero-order valence-corrected chi connectivity index (χ0v) is 24.9. The maximum absolute atomic E-state index is 13.2. The second-order valence-electron chi connectivity index (χ2n) is 11.5. The van der Waals surface area contributed by atoms with Gasteiger partial charge < -0.3 is 19.7 Å². The molecule has 5 aromatic carbocycles. The van der Waals surface area contributed by atoms with Crippen LogP contribution in [-0.4, -0.2) is 47.5 Å². The van der Waals surface area contributed by atoms with Crippen molar-refractivity contribution < 1.29 is 24.5 Å². The van der Waals surface area contributed by atoms with Crippen molar-refractivity contribution in [2.75, 3.05) is 13.2 Å². The van der Waals surface area contributed by atoms with Crippen LogP contribution in [0.3, 0.4) is 0 Å². The van der Waals surface area contributed by atoms with E-state index < -0.39 is 17.8 Å². The highest BCUT2D eigenvalue weighted by Gasteiger charge is 2.40. The van der Waals surface area contributed by atoms with Gasteiger partial charge in [0.1, 0.15) is 12.4 Å². The van der Waals surface area contributed by atoms with Crippen molar-refractivity contribution in [3.05, 3.63) is 125 Å². The van der Waals surface area contributed by atoms with Crippen LogP contribution in [0.5, 0.6) is 5.75 Å². The van der Waals surface area contributed by atoms with Gasteiger partial charge in [0.15, 0.2) is 11.9 Å². The maximum atomic E-state index is 13.2. The third kappa shape index (κ3) is 5.82. The number of fused-ring (bicyclic) bond motifs is 2. The van der Waals surface area contributed by atoms with Crippen molar-refractivity contribution in [2.45, 2.75) is 38.1 Å². The quantitative estimate of drug-likeness (QED) is 0.208. The first-order valence-electron chi connectivity index (χ1n) is 15.0. The molecule has 0 bridgehead atoms. The molecule has 0 spiro atoms. The topological polar surface area (TPSA) is 76.0 Å². The van der Waals surface area contributed by atoms with Crippen LogP contribution in [0.2, 0.25) is 0 Å². The molecule has 0 heterocycles. The number of rotatable bonds is 10. The summed E-state index contributed by atoms with van der Waals surface area (Å²) in [5, 5.41) is 24.1. The molecule has 5 nitrogen and oxygen atoms in total. The summed E-state index contributed by atoms with van der Waals surface area (Å²) in [5.74, 6) is 0.549. The minimum Gasteiger partial charge on any atom is -0.490 e. The minimum atomic E-state index is -1.37. The van der Waals surface area contributed by atoms with E-state index in [0.29, 0.717) is 11.3 Å². The lowest BCUT2D eigenvalue weighted by Crippen LogP contribution is -2.47. The third-order valence-electron chi connectivity index (χ3n) is 8.07. The molecule has 3 unspecified atom stereocenters. The van der Waals surface area contributed by atoms with Crippen molar-refractivity contribution in [1.82, 2.24) is 0 Å². The predicted molar refractivity (Wildman–Crippen MR) is 176 cm³/mol. The molecule has 0 radical (unpaired) electrons. The lowest BCUT2D eigenvalue weighted by atomic mass is 9.78. The van der Waals surface area contributed by atoms with Gasteiger partial charge in [-0.15, -0.1) is 0 Å². The van der Waals surface area contributed by atoms with E-state index >= 15 is 0 Å². The fraction of sp³-hybridized carbons (Fsp3) is 0.205. The number of benzene rings is 5. The zero-order valence-electron chi connectivity index (χ0n) is 24.9. The predicted octanol–water partition coefficient (Wildman–Crippen LogP) is 5.65. The largest absolute Gasteiger partial charge is 0.490 e. The van der Waals surface area contributed by atoms with Crippen LogP contribution in [0.4, 0.5) is 0 Å². The highest BCUT2D eigenvalue weighted by Crippen LogP contribution is 2.42. The van der Waals surface area contributed by atoms with Crippen LogP contribution >= 0.6 is 0 Å². The standard InChI is InChI=1S/C39H36O5/c1-26(41)23-43-36-18-15-32-21-30(28-9-5-3-6-10-28)13-16-34(32)37(36)38-35-17-14-31(29-11-7-4-8-12-29)22-33(35)19-20-39(38,25-40)44-24-27(2)42/h3-19,21-22,25-27,41-42H,20,23-24H2,1-2H3. The Morgan fingerprint density at radius 3 is 2.02 bits per heavy atom. The molecule has 6 rings (SSSR count). The Bertz CT molecular complexity index is 1910. The van der Waals surface area contributed by atoms with E-state index in [1.54, 1.807) is 13.8 Å². The van der Waals surface area contributed by atoms with Crippen LogP contribution in [0.25, 0.3) is 44.7 Å². The van der Waals surface area contributed by atoms with Gasteiger partial charge in [0, 0.05) is 17.6 Å². The van der Waals surface area contributed by atoms with Crippen molar-refractivity contribution in [3.8, 4) is 28.0 Å². The Kier molecular flexibility index (Phi) is 8.45. The smallest absolute Gasteiger partial charge is 0.156 e. The van der Waals surface area contributed by atoms with Gasteiger partial charge in [0.05, 0.1) is 18.8 Å². The molecule has 2 N–H and O–H groups in total. The summed E-state index contributed by atoms with van der Waals surface area (Å²) in [5.41, 5.74) is 4.40. The summed E-state index contributed by atoms with van der Waals surface area (Å²) < 4.78 is 12.6. The molecule has 0 saturated heterocycles. The Morgan fingerprint density at radius 1 is 0.750 bits per heavy atom. The molecule has 0 saturated carbocycles. The van der Waals surface area contributed by atoms with Crippen LogP contribution in [-0.2, 0) is 9.53 Å². The van der Waals surface area contributed by atoms with E-state index in [0.717, 1.165) is 55.3 Å². The molecule has 3 atom stereocenters. The van der Waals surface area contributed by atoms with Gasteiger partial charge in [-0.05, 0) is 75.5 Å². The van der Waals surface area contributed by atoms with Gasteiger partial charge in [-0.2, -0.15) is 0 Å². The van der Waals surface area contributed by atoms with Crippen molar-refractivity contribution in [1.29, 1.82) is 0 Å². The van der Waals surface area contributed by atoms with Crippen LogP contribution in [0.15, 0.2) is 109 Å². The van der Waals surface area contributed by atoms with E-state index in [1.165, 1.54) is 0 Å². The van der Waals surface area contributed by atoms with Gasteiger partial charge in [0.2, 0.25) is 0 Å². The SMILES string of the molecule is CC(O)COc1ccc2cc(-c3ccccc3)ccc2c1C1=c2ccc(-c3ccccc3)cc2=CCC1(C=O)OCC(C)O. The lowest BCUT2D eigenvalue weighted by molar-refractivity contribution is -0.126. The minimum absolute atomic E-state index is 0.0136. The van der Waals surface area contributed by atoms with E-state index in [9.17, 15) is 15.0 Å². The first-order chi connectivity index (χ1) is 21.4. The van der Waals surface area contributed by atoms with Crippen LogP contribution in [0.1, 0.15) is 25.8 Å². The Hall–Kier alpha value is -4.55. The van der Waals surface area contributed by atoms with Crippen LogP contribution in [0, 0.1) is 0 Å². The maximum Gasteiger partial charge on any atom is 0.156 e. The summed E-state index contributed by atoms with van der Waals surface area (Å²) in [6.45, 7) is 3.39. The molecule has 0 amide bonds. The number of carbonyl (C=O) groups excluding carboxylic acids is 1. The Labute approximate surface area is 257 Å². The molecule has 222 valence electrons. The fourth-order valence-electron chi connectivity index (χ4n) is 5.96. The average Bonchev–Trinajstić information content (AvgIpc) is 3.06. The second kappa shape index (κ2) is 12.6. The molecule has 0 fully saturated rings. The highest BCUT2D eigenvalue weighted by atomic mass is 16.5. The van der Waals surface area contributed by atoms with E-state index in [1.807, 2.05) is 60.7 Å². The fourth-order valence-corrected chi connectivity index (χ4v) is 5.96. The number of hydrogen-bond donors (Lipinski definition) is 2. The van der Waals surface area contributed by atoms with Gasteiger partial charge in [0.25, 0.3) is 0 Å².